The van der Waals surface area contributed by atoms with E-state index in [2.05, 4.69) is 5.32 Å². The molecule has 0 fully saturated rings. The van der Waals surface area contributed by atoms with Crippen LogP contribution in [-0.2, 0) is 11.2 Å². The summed E-state index contributed by atoms with van der Waals surface area (Å²) >= 11 is 6.08. The Bertz CT molecular complexity index is 646. The SMILES string of the molecule is C[C@@H](Oc1ccc(F)cc1)C(=O)NCCCc1ccccc1Cl. The third-order valence-corrected chi connectivity index (χ3v) is 3.74. The van der Waals surface area contributed by atoms with Crippen molar-refractivity contribution >= 4 is 17.5 Å². The van der Waals surface area contributed by atoms with Gasteiger partial charge in [-0.1, -0.05) is 29.8 Å². The third-order valence-electron chi connectivity index (χ3n) is 3.38. The van der Waals surface area contributed by atoms with E-state index in [1.807, 2.05) is 24.3 Å². The Morgan fingerprint density at radius 3 is 2.61 bits per heavy atom. The van der Waals surface area contributed by atoms with E-state index >= 15 is 0 Å². The number of aryl methyl sites for hydroxylation is 1. The number of carbonyl (C=O) groups is 1. The number of amides is 1. The molecule has 0 aliphatic heterocycles. The van der Waals surface area contributed by atoms with E-state index in [1.54, 1.807) is 6.92 Å². The van der Waals surface area contributed by atoms with Gasteiger partial charge >= 0.3 is 0 Å². The molecule has 3 nitrogen and oxygen atoms in total. The van der Waals surface area contributed by atoms with Crippen molar-refractivity contribution in [2.75, 3.05) is 6.54 Å². The summed E-state index contributed by atoms with van der Waals surface area (Å²) < 4.78 is 18.3. The Morgan fingerprint density at radius 1 is 1.22 bits per heavy atom. The Kier molecular flexibility index (Phi) is 6.41. The molecular weight excluding hydrogens is 317 g/mol. The lowest BCUT2D eigenvalue weighted by Crippen LogP contribution is -2.36. The Hall–Kier alpha value is -2.07. The number of hydrogen-bond acceptors (Lipinski definition) is 2. The van der Waals surface area contributed by atoms with E-state index in [9.17, 15) is 9.18 Å². The second-order valence-corrected chi connectivity index (χ2v) is 5.61. The number of benzene rings is 2. The molecule has 2 rings (SSSR count). The van der Waals surface area contributed by atoms with Gasteiger partial charge < -0.3 is 10.1 Å². The van der Waals surface area contributed by atoms with Crippen LogP contribution < -0.4 is 10.1 Å². The van der Waals surface area contributed by atoms with Crippen molar-refractivity contribution in [2.24, 2.45) is 0 Å². The summed E-state index contributed by atoms with van der Waals surface area (Å²) in [5, 5.41) is 3.57. The number of hydrogen-bond donors (Lipinski definition) is 1. The first-order valence-corrected chi connectivity index (χ1v) is 7.87. The van der Waals surface area contributed by atoms with Gasteiger partial charge in [0, 0.05) is 11.6 Å². The van der Waals surface area contributed by atoms with E-state index in [0.717, 1.165) is 23.4 Å². The van der Waals surface area contributed by atoms with Gasteiger partial charge in [-0.15, -0.1) is 0 Å². The molecule has 0 saturated heterocycles. The Morgan fingerprint density at radius 2 is 1.91 bits per heavy atom. The lowest BCUT2D eigenvalue weighted by Gasteiger charge is -2.14. The van der Waals surface area contributed by atoms with Crippen LogP contribution in [0.15, 0.2) is 48.5 Å². The van der Waals surface area contributed by atoms with E-state index in [-0.39, 0.29) is 11.7 Å². The van der Waals surface area contributed by atoms with Crippen LogP contribution in [-0.4, -0.2) is 18.6 Å². The number of rotatable bonds is 7. The molecule has 0 heterocycles. The van der Waals surface area contributed by atoms with Gasteiger partial charge in [-0.05, 0) is 55.7 Å². The molecule has 122 valence electrons. The van der Waals surface area contributed by atoms with Crippen LogP contribution in [0, 0.1) is 5.82 Å². The van der Waals surface area contributed by atoms with Crippen molar-refractivity contribution in [1.82, 2.24) is 5.32 Å². The number of nitrogens with one attached hydrogen (secondary N) is 1. The standard InChI is InChI=1S/C18H19ClFNO2/c1-13(23-16-10-8-15(20)9-11-16)18(22)21-12-4-6-14-5-2-3-7-17(14)19/h2-3,5,7-11,13H,4,6,12H2,1H3,(H,21,22)/t13-/m1/s1. The average molecular weight is 336 g/mol. The maximum Gasteiger partial charge on any atom is 0.260 e. The molecule has 1 amide bonds. The monoisotopic (exact) mass is 335 g/mol. The molecular formula is C18H19ClFNO2. The summed E-state index contributed by atoms with van der Waals surface area (Å²) in [7, 11) is 0. The normalized spacial score (nSPS) is 11.8. The number of halogens is 2. The fourth-order valence-corrected chi connectivity index (χ4v) is 2.34. The Balaban J connectivity index is 1.72. The van der Waals surface area contributed by atoms with Crippen molar-refractivity contribution in [2.45, 2.75) is 25.9 Å². The minimum atomic E-state index is -0.638. The molecule has 5 heteroatoms. The molecule has 0 saturated carbocycles. The fraction of sp³-hybridized carbons (Fsp3) is 0.278. The minimum absolute atomic E-state index is 0.200. The smallest absolute Gasteiger partial charge is 0.260 e. The molecule has 2 aromatic carbocycles. The Labute approximate surface area is 140 Å². The van der Waals surface area contributed by atoms with Crippen LogP contribution in [0.3, 0.4) is 0 Å². The minimum Gasteiger partial charge on any atom is -0.481 e. The van der Waals surface area contributed by atoms with Gasteiger partial charge in [0.15, 0.2) is 6.10 Å². The van der Waals surface area contributed by atoms with Crippen molar-refractivity contribution in [3.63, 3.8) is 0 Å². The first-order chi connectivity index (χ1) is 11.1. The number of carbonyl (C=O) groups excluding carboxylic acids is 1. The zero-order valence-corrected chi connectivity index (χ0v) is 13.6. The van der Waals surface area contributed by atoms with Gasteiger partial charge in [-0.25, -0.2) is 4.39 Å². The van der Waals surface area contributed by atoms with E-state index < -0.39 is 6.10 Å². The maximum atomic E-state index is 12.8. The maximum absolute atomic E-state index is 12.8. The fourth-order valence-electron chi connectivity index (χ4n) is 2.11. The zero-order valence-electron chi connectivity index (χ0n) is 12.9. The van der Waals surface area contributed by atoms with Crippen LogP contribution in [0.1, 0.15) is 18.9 Å². The average Bonchev–Trinajstić information content (AvgIpc) is 2.55. The molecule has 0 aliphatic carbocycles. The summed E-state index contributed by atoms with van der Waals surface area (Å²) in [4.78, 5) is 12.0. The number of ether oxygens (including phenoxy) is 1. The topological polar surface area (TPSA) is 38.3 Å². The molecule has 2 aromatic rings. The van der Waals surface area contributed by atoms with Gasteiger partial charge in [0.1, 0.15) is 11.6 Å². The molecule has 0 spiro atoms. The van der Waals surface area contributed by atoms with Crippen LogP contribution in [0.25, 0.3) is 0 Å². The largest absolute Gasteiger partial charge is 0.481 e. The van der Waals surface area contributed by atoms with E-state index in [1.165, 1.54) is 24.3 Å². The molecule has 1 N–H and O–H groups in total. The van der Waals surface area contributed by atoms with Crippen molar-refractivity contribution in [1.29, 1.82) is 0 Å². The lowest BCUT2D eigenvalue weighted by atomic mass is 10.1. The highest BCUT2D eigenvalue weighted by Crippen LogP contribution is 2.16. The van der Waals surface area contributed by atoms with Gasteiger partial charge in [0.2, 0.25) is 0 Å². The van der Waals surface area contributed by atoms with Crippen LogP contribution >= 0.6 is 11.6 Å². The van der Waals surface area contributed by atoms with Gasteiger partial charge in [-0.3, -0.25) is 4.79 Å². The predicted molar refractivity (Wildman–Crippen MR) is 89.3 cm³/mol. The van der Waals surface area contributed by atoms with Crippen LogP contribution in [0.5, 0.6) is 5.75 Å². The molecule has 0 aliphatic rings. The summed E-state index contributed by atoms with van der Waals surface area (Å²) in [5.74, 6) is -0.0763. The molecule has 0 radical (unpaired) electrons. The third kappa shape index (κ3) is 5.57. The van der Waals surface area contributed by atoms with E-state index in [0.29, 0.717) is 12.3 Å². The van der Waals surface area contributed by atoms with E-state index in [4.69, 9.17) is 16.3 Å². The summed E-state index contributed by atoms with van der Waals surface area (Å²) in [6.45, 7) is 2.20. The van der Waals surface area contributed by atoms with Crippen molar-refractivity contribution in [3.8, 4) is 5.75 Å². The highest BCUT2D eigenvalue weighted by atomic mass is 35.5. The second kappa shape index (κ2) is 8.53. The molecule has 0 unspecified atom stereocenters. The van der Waals surface area contributed by atoms with Crippen molar-refractivity contribution in [3.05, 3.63) is 64.9 Å². The highest BCUT2D eigenvalue weighted by molar-refractivity contribution is 6.31. The predicted octanol–water partition coefficient (Wildman–Crippen LogP) is 4.00. The van der Waals surface area contributed by atoms with Gasteiger partial charge in [0.05, 0.1) is 0 Å². The molecule has 0 bridgehead atoms. The lowest BCUT2D eigenvalue weighted by molar-refractivity contribution is -0.127. The highest BCUT2D eigenvalue weighted by Gasteiger charge is 2.14. The molecule has 23 heavy (non-hydrogen) atoms. The summed E-state index contributed by atoms with van der Waals surface area (Å²) in [6, 6.07) is 13.2. The van der Waals surface area contributed by atoms with Crippen LogP contribution in [0.2, 0.25) is 5.02 Å². The van der Waals surface area contributed by atoms with Gasteiger partial charge in [-0.2, -0.15) is 0 Å². The summed E-state index contributed by atoms with van der Waals surface area (Å²) in [6.07, 6.45) is 0.951. The summed E-state index contributed by atoms with van der Waals surface area (Å²) in [5.41, 5.74) is 1.07. The first-order valence-electron chi connectivity index (χ1n) is 7.49. The quantitative estimate of drug-likeness (QED) is 0.777. The zero-order chi connectivity index (χ0) is 16.7. The van der Waals surface area contributed by atoms with Crippen LogP contribution in [0.4, 0.5) is 4.39 Å². The molecule has 0 aromatic heterocycles. The first kappa shape index (κ1) is 17.3. The molecule has 1 atom stereocenters. The van der Waals surface area contributed by atoms with Crippen molar-refractivity contribution < 1.29 is 13.9 Å². The second-order valence-electron chi connectivity index (χ2n) is 5.20. The van der Waals surface area contributed by atoms with Gasteiger partial charge in [0.25, 0.3) is 5.91 Å².